The van der Waals surface area contributed by atoms with Crippen LogP contribution in [0.5, 0.6) is 0 Å². The highest BCUT2D eigenvalue weighted by Crippen LogP contribution is 2.45. The molecule has 3 unspecified atom stereocenters. The maximum atomic E-state index is 2.75. The Kier molecular flexibility index (Phi) is 7.28. The van der Waals surface area contributed by atoms with Crippen LogP contribution in [0.1, 0.15) is 95.9 Å². The van der Waals surface area contributed by atoms with Crippen LogP contribution in [0, 0.1) is 40.4 Å². The Hall–Kier alpha value is -0.0400. The summed E-state index contributed by atoms with van der Waals surface area (Å²) >= 11 is 0. The van der Waals surface area contributed by atoms with Crippen molar-refractivity contribution in [3.8, 4) is 0 Å². The van der Waals surface area contributed by atoms with E-state index >= 15 is 0 Å². The number of nitrogens with zero attached hydrogens (tertiary/aromatic N) is 1. The average Bonchev–Trinajstić information content (AvgIpc) is 2.32. The standard InChI is InChI=1S/C24H49N/c1-17(2)20(5)18(3)13-24(11,12)25-15-21(16-25)23(9,10)14-19(4)22(6,7)8/h17-21H,13-16H2,1-12H3. The fraction of sp³-hybridized carbons (Fsp3) is 1.00. The van der Waals surface area contributed by atoms with Crippen LogP contribution in [0.25, 0.3) is 0 Å². The van der Waals surface area contributed by atoms with Crippen LogP contribution in [-0.2, 0) is 0 Å². The topological polar surface area (TPSA) is 3.24 Å². The minimum atomic E-state index is 0.338. The molecule has 0 amide bonds. The van der Waals surface area contributed by atoms with Crippen molar-refractivity contribution >= 4 is 0 Å². The predicted octanol–water partition coefficient (Wildman–Crippen LogP) is 7.11. The zero-order valence-corrected chi connectivity index (χ0v) is 19.7. The fourth-order valence-electron chi connectivity index (χ4n) is 4.49. The molecule has 150 valence electrons. The van der Waals surface area contributed by atoms with Crippen LogP contribution in [-0.4, -0.2) is 23.5 Å². The van der Waals surface area contributed by atoms with Crippen molar-refractivity contribution in [3.63, 3.8) is 0 Å². The molecule has 0 spiro atoms. The third kappa shape index (κ3) is 5.98. The molecule has 0 aliphatic carbocycles. The Morgan fingerprint density at radius 3 is 1.68 bits per heavy atom. The summed E-state index contributed by atoms with van der Waals surface area (Å²) in [5, 5.41) is 0. The first-order valence-electron chi connectivity index (χ1n) is 10.8. The smallest absolute Gasteiger partial charge is 0.0156 e. The molecule has 1 fully saturated rings. The molecule has 0 N–H and O–H groups in total. The molecule has 1 heterocycles. The van der Waals surface area contributed by atoms with Gasteiger partial charge in [0.05, 0.1) is 0 Å². The minimum Gasteiger partial charge on any atom is -0.298 e. The van der Waals surface area contributed by atoms with E-state index in [1.165, 1.54) is 25.9 Å². The van der Waals surface area contributed by atoms with Crippen molar-refractivity contribution < 1.29 is 0 Å². The molecule has 3 atom stereocenters. The average molecular weight is 352 g/mol. The highest BCUT2D eigenvalue weighted by atomic mass is 15.2. The van der Waals surface area contributed by atoms with Gasteiger partial charge in [-0.3, -0.25) is 4.90 Å². The zero-order valence-electron chi connectivity index (χ0n) is 19.7. The summed E-state index contributed by atoms with van der Waals surface area (Å²) < 4.78 is 0. The second-order valence-electron chi connectivity index (χ2n) is 12.2. The van der Waals surface area contributed by atoms with Gasteiger partial charge in [-0.1, -0.05) is 69.2 Å². The van der Waals surface area contributed by atoms with E-state index in [1.807, 2.05) is 0 Å². The molecule has 1 aliphatic heterocycles. The van der Waals surface area contributed by atoms with Gasteiger partial charge in [0.1, 0.15) is 0 Å². The second kappa shape index (κ2) is 7.91. The molecule has 25 heavy (non-hydrogen) atoms. The number of hydrogen-bond acceptors (Lipinski definition) is 1. The van der Waals surface area contributed by atoms with Crippen LogP contribution >= 0.6 is 0 Å². The van der Waals surface area contributed by atoms with E-state index in [2.05, 4.69) is 88.0 Å². The van der Waals surface area contributed by atoms with Crippen molar-refractivity contribution in [2.75, 3.05) is 13.1 Å². The number of likely N-dealkylation sites (tertiary alicyclic amines) is 1. The minimum absolute atomic E-state index is 0.338. The summed E-state index contributed by atoms with van der Waals surface area (Å²) in [7, 11) is 0. The monoisotopic (exact) mass is 351 g/mol. The van der Waals surface area contributed by atoms with Gasteiger partial charge in [-0.15, -0.1) is 0 Å². The maximum absolute atomic E-state index is 2.75. The van der Waals surface area contributed by atoms with Crippen LogP contribution in [0.4, 0.5) is 0 Å². The summed E-state index contributed by atoms with van der Waals surface area (Å²) in [6.45, 7) is 31.8. The lowest BCUT2D eigenvalue weighted by molar-refractivity contribution is -0.0678. The molecule has 0 radical (unpaired) electrons. The van der Waals surface area contributed by atoms with Gasteiger partial charge in [0, 0.05) is 18.6 Å². The van der Waals surface area contributed by atoms with Gasteiger partial charge < -0.3 is 0 Å². The largest absolute Gasteiger partial charge is 0.298 e. The highest BCUT2D eigenvalue weighted by Gasteiger charge is 2.45. The summed E-state index contributed by atoms with van der Waals surface area (Å²) in [5.41, 5.74) is 1.21. The summed E-state index contributed by atoms with van der Waals surface area (Å²) in [6.07, 6.45) is 2.66. The van der Waals surface area contributed by atoms with Crippen LogP contribution in [0.3, 0.4) is 0 Å². The van der Waals surface area contributed by atoms with Crippen molar-refractivity contribution in [2.24, 2.45) is 40.4 Å². The van der Waals surface area contributed by atoms with E-state index in [0.717, 1.165) is 29.6 Å². The van der Waals surface area contributed by atoms with Gasteiger partial charge in [0.2, 0.25) is 0 Å². The van der Waals surface area contributed by atoms with Gasteiger partial charge in [-0.05, 0) is 67.1 Å². The lowest BCUT2D eigenvalue weighted by Gasteiger charge is -2.56. The van der Waals surface area contributed by atoms with Crippen molar-refractivity contribution in [1.29, 1.82) is 0 Å². The second-order valence-corrected chi connectivity index (χ2v) is 12.2. The molecule has 1 saturated heterocycles. The van der Waals surface area contributed by atoms with E-state index < -0.39 is 0 Å². The van der Waals surface area contributed by atoms with Gasteiger partial charge >= 0.3 is 0 Å². The predicted molar refractivity (Wildman–Crippen MR) is 114 cm³/mol. The van der Waals surface area contributed by atoms with Gasteiger partial charge in [0.15, 0.2) is 0 Å². The van der Waals surface area contributed by atoms with E-state index in [1.54, 1.807) is 0 Å². The summed E-state index contributed by atoms with van der Waals surface area (Å²) in [5.74, 6) is 4.02. The Morgan fingerprint density at radius 1 is 0.800 bits per heavy atom. The van der Waals surface area contributed by atoms with Gasteiger partial charge in [-0.2, -0.15) is 0 Å². The molecule has 0 aromatic heterocycles. The van der Waals surface area contributed by atoms with Gasteiger partial charge in [0.25, 0.3) is 0 Å². The van der Waals surface area contributed by atoms with Crippen molar-refractivity contribution in [3.05, 3.63) is 0 Å². The Balaban J connectivity index is 2.59. The molecule has 1 heteroatoms. The third-order valence-electron chi connectivity index (χ3n) is 7.92. The molecule has 0 bridgehead atoms. The third-order valence-corrected chi connectivity index (χ3v) is 7.92. The van der Waals surface area contributed by atoms with E-state index in [-0.39, 0.29) is 0 Å². The normalized spacial score (nSPS) is 22.0. The lowest BCUT2D eigenvalue weighted by Crippen LogP contribution is -2.61. The molecule has 0 saturated carbocycles. The first-order chi connectivity index (χ1) is 11.1. The Labute approximate surface area is 160 Å². The first kappa shape index (κ1) is 23.0. The quantitative estimate of drug-likeness (QED) is 0.450. The van der Waals surface area contributed by atoms with Crippen LogP contribution in [0.15, 0.2) is 0 Å². The fourth-order valence-corrected chi connectivity index (χ4v) is 4.49. The number of hydrogen-bond donors (Lipinski definition) is 0. The van der Waals surface area contributed by atoms with Gasteiger partial charge in [-0.25, -0.2) is 0 Å². The molecule has 1 rings (SSSR count). The van der Waals surface area contributed by atoms with E-state index in [9.17, 15) is 0 Å². The Bertz CT molecular complexity index is 406. The maximum Gasteiger partial charge on any atom is 0.0156 e. The SMILES string of the molecule is CC(C)C(C)C(C)CC(C)(C)N1CC(C(C)(C)CC(C)C(C)(C)C)C1. The number of rotatable bonds is 8. The molecule has 0 aromatic rings. The van der Waals surface area contributed by atoms with E-state index in [4.69, 9.17) is 0 Å². The molecular formula is C24H49N. The molecule has 0 aromatic carbocycles. The van der Waals surface area contributed by atoms with Crippen molar-refractivity contribution in [1.82, 2.24) is 4.90 Å². The highest BCUT2D eigenvalue weighted by molar-refractivity contribution is 4.98. The summed E-state index contributed by atoms with van der Waals surface area (Å²) in [4.78, 5) is 2.75. The van der Waals surface area contributed by atoms with Crippen LogP contribution < -0.4 is 0 Å². The molecular weight excluding hydrogens is 302 g/mol. The van der Waals surface area contributed by atoms with Crippen LogP contribution in [0.2, 0.25) is 0 Å². The molecule has 1 aliphatic rings. The van der Waals surface area contributed by atoms with Crippen molar-refractivity contribution in [2.45, 2.75) is 101 Å². The Morgan fingerprint density at radius 2 is 1.28 bits per heavy atom. The molecule has 1 nitrogen and oxygen atoms in total. The zero-order chi connectivity index (χ0) is 19.8. The lowest BCUT2D eigenvalue weighted by atomic mass is 9.64. The first-order valence-corrected chi connectivity index (χ1v) is 10.8. The summed E-state index contributed by atoms with van der Waals surface area (Å²) in [6, 6.07) is 0. The van der Waals surface area contributed by atoms with E-state index in [0.29, 0.717) is 16.4 Å².